The lowest BCUT2D eigenvalue weighted by Crippen LogP contribution is -1.99. The maximum absolute atomic E-state index is 12.7. The molecule has 2 nitrogen and oxygen atoms in total. The molecular formula is C7H7F3N2. The summed E-state index contributed by atoms with van der Waals surface area (Å²) in [6.45, 7) is 0. The lowest BCUT2D eigenvalue weighted by molar-refractivity contribution is 0.146. The molecule has 0 bridgehead atoms. The third kappa shape index (κ3) is 1.44. The molecule has 0 fully saturated rings. The molecule has 0 aliphatic rings. The van der Waals surface area contributed by atoms with E-state index >= 15 is 0 Å². The van der Waals surface area contributed by atoms with E-state index in [0.29, 0.717) is 0 Å². The fourth-order valence-electron chi connectivity index (χ4n) is 0.790. The first-order valence-corrected chi connectivity index (χ1v) is 3.15. The second kappa shape index (κ2) is 2.92. The van der Waals surface area contributed by atoms with Gasteiger partial charge in [0.2, 0.25) is 0 Å². The van der Waals surface area contributed by atoms with Crippen molar-refractivity contribution < 1.29 is 13.2 Å². The molecular weight excluding hydrogens is 169 g/mol. The number of nitrogens with two attached hydrogens (primary N) is 2. The molecule has 12 heavy (non-hydrogen) atoms. The van der Waals surface area contributed by atoms with Crippen molar-refractivity contribution in [2.75, 3.05) is 11.5 Å². The van der Waals surface area contributed by atoms with Gasteiger partial charge in [-0.1, -0.05) is 0 Å². The summed E-state index contributed by atoms with van der Waals surface area (Å²) in [5.41, 5.74) is 9.60. The molecule has 1 rings (SSSR count). The Labute approximate surface area is 67.0 Å². The molecule has 0 radical (unpaired) electrons. The lowest BCUT2D eigenvalue weighted by Gasteiger charge is -2.05. The van der Waals surface area contributed by atoms with E-state index in [1.54, 1.807) is 0 Å². The van der Waals surface area contributed by atoms with E-state index in [9.17, 15) is 13.2 Å². The standard InChI is InChI=1S/C7H7F3N2/c8-4-2-6(12)5(11)1-3(4)7(9)10/h1-2,7H,11-12H2. The van der Waals surface area contributed by atoms with Crippen molar-refractivity contribution in [1.82, 2.24) is 0 Å². The Morgan fingerprint density at radius 1 is 1.08 bits per heavy atom. The minimum atomic E-state index is -2.87. The Kier molecular flexibility index (Phi) is 2.12. The summed E-state index contributed by atoms with van der Waals surface area (Å²) in [5, 5.41) is 0. The van der Waals surface area contributed by atoms with Gasteiger partial charge in [0, 0.05) is 0 Å². The van der Waals surface area contributed by atoms with Gasteiger partial charge in [0.1, 0.15) is 5.82 Å². The molecule has 1 aromatic rings. The number of benzene rings is 1. The van der Waals surface area contributed by atoms with E-state index in [1.165, 1.54) is 0 Å². The van der Waals surface area contributed by atoms with Crippen LogP contribution in [-0.4, -0.2) is 0 Å². The predicted molar refractivity (Wildman–Crippen MR) is 40.2 cm³/mol. The van der Waals surface area contributed by atoms with Gasteiger partial charge in [-0.2, -0.15) is 0 Å². The second-order valence-electron chi connectivity index (χ2n) is 2.30. The minimum absolute atomic E-state index is 0.0306. The molecule has 0 heterocycles. The van der Waals surface area contributed by atoms with E-state index in [-0.39, 0.29) is 11.4 Å². The van der Waals surface area contributed by atoms with Gasteiger partial charge in [-0.25, -0.2) is 13.2 Å². The SMILES string of the molecule is Nc1cc(F)c(C(F)F)cc1N. The van der Waals surface area contributed by atoms with Crippen molar-refractivity contribution in [3.8, 4) is 0 Å². The zero-order valence-electron chi connectivity index (χ0n) is 6.02. The summed E-state index contributed by atoms with van der Waals surface area (Å²) < 4.78 is 36.7. The maximum atomic E-state index is 12.7. The molecule has 0 spiro atoms. The molecule has 0 atom stereocenters. The average Bonchev–Trinajstić information content (AvgIpc) is 1.96. The van der Waals surface area contributed by atoms with Gasteiger partial charge in [0.05, 0.1) is 16.9 Å². The van der Waals surface area contributed by atoms with Gasteiger partial charge in [-0.05, 0) is 12.1 Å². The molecule has 0 aliphatic carbocycles. The van der Waals surface area contributed by atoms with Crippen molar-refractivity contribution in [3.05, 3.63) is 23.5 Å². The lowest BCUT2D eigenvalue weighted by atomic mass is 10.1. The van der Waals surface area contributed by atoms with Crippen LogP contribution in [0, 0.1) is 5.82 Å². The third-order valence-corrected chi connectivity index (χ3v) is 1.44. The Bertz CT molecular complexity index is 299. The van der Waals surface area contributed by atoms with Crippen LogP contribution in [0.4, 0.5) is 24.5 Å². The highest BCUT2D eigenvalue weighted by molar-refractivity contribution is 5.64. The minimum Gasteiger partial charge on any atom is -0.397 e. The van der Waals surface area contributed by atoms with Gasteiger partial charge >= 0.3 is 0 Å². The first kappa shape index (κ1) is 8.70. The quantitative estimate of drug-likeness (QED) is 0.642. The molecule has 0 saturated heterocycles. The van der Waals surface area contributed by atoms with Crippen LogP contribution in [0.3, 0.4) is 0 Å². The molecule has 0 aromatic heterocycles. The van der Waals surface area contributed by atoms with E-state index < -0.39 is 17.8 Å². The van der Waals surface area contributed by atoms with E-state index in [4.69, 9.17) is 11.5 Å². The van der Waals surface area contributed by atoms with Crippen LogP contribution in [0.25, 0.3) is 0 Å². The topological polar surface area (TPSA) is 52.0 Å². The molecule has 0 saturated carbocycles. The Balaban J connectivity index is 3.23. The van der Waals surface area contributed by atoms with Crippen LogP contribution in [-0.2, 0) is 0 Å². The van der Waals surface area contributed by atoms with Gasteiger partial charge in [-0.3, -0.25) is 0 Å². The summed E-state index contributed by atoms with van der Waals surface area (Å²) in [6, 6.07) is 1.63. The predicted octanol–water partition coefficient (Wildman–Crippen LogP) is 1.93. The number of alkyl halides is 2. The first-order valence-electron chi connectivity index (χ1n) is 3.15. The second-order valence-corrected chi connectivity index (χ2v) is 2.30. The van der Waals surface area contributed by atoms with Crippen LogP contribution in [0.1, 0.15) is 12.0 Å². The molecule has 0 unspecified atom stereocenters. The Hall–Kier alpha value is -1.39. The van der Waals surface area contributed by atoms with Crippen LogP contribution in [0.5, 0.6) is 0 Å². The average molecular weight is 176 g/mol. The summed E-state index contributed by atoms with van der Waals surface area (Å²) in [7, 11) is 0. The fraction of sp³-hybridized carbons (Fsp3) is 0.143. The van der Waals surface area contributed by atoms with Crippen molar-refractivity contribution in [2.24, 2.45) is 0 Å². The van der Waals surface area contributed by atoms with Crippen molar-refractivity contribution in [3.63, 3.8) is 0 Å². The molecule has 0 amide bonds. The fourth-order valence-corrected chi connectivity index (χ4v) is 0.790. The number of nitrogen functional groups attached to an aromatic ring is 2. The van der Waals surface area contributed by atoms with Crippen molar-refractivity contribution in [1.29, 1.82) is 0 Å². The first-order chi connectivity index (χ1) is 5.52. The number of halogens is 3. The zero-order valence-corrected chi connectivity index (χ0v) is 6.02. The van der Waals surface area contributed by atoms with Crippen molar-refractivity contribution >= 4 is 11.4 Å². The summed E-state index contributed by atoms with van der Waals surface area (Å²) in [6.07, 6.45) is -2.87. The number of hydrogen-bond acceptors (Lipinski definition) is 2. The van der Waals surface area contributed by atoms with Crippen LogP contribution < -0.4 is 11.5 Å². The molecule has 5 heteroatoms. The summed E-state index contributed by atoms with van der Waals surface area (Å²) >= 11 is 0. The van der Waals surface area contributed by atoms with E-state index in [1.807, 2.05) is 0 Å². The Morgan fingerprint density at radius 2 is 1.58 bits per heavy atom. The monoisotopic (exact) mass is 176 g/mol. The highest BCUT2D eigenvalue weighted by atomic mass is 19.3. The van der Waals surface area contributed by atoms with Gasteiger partial charge in [0.25, 0.3) is 6.43 Å². The van der Waals surface area contributed by atoms with Gasteiger partial charge < -0.3 is 11.5 Å². The Morgan fingerprint density at radius 3 is 2.08 bits per heavy atom. The maximum Gasteiger partial charge on any atom is 0.266 e. The van der Waals surface area contributed by atoms with Crippen LogP contribution >= 0.6 is 0 Å². The zero-order chi connectivity index (χ0) is 9.30. The normalized spacial score (nSPS) is 10.7. The molecule has 1 aromatic carbocycles. The number of hydrogen-bond donors (Lipinski definition) is 2. The van der Waals surface area contributed by atoms with E-state index in [0.717, 1.165) is 12.1 Å². The number of anilines is 2. The van der Waals surface area contributed by atoms with Gasteiger partial charge in [-0.15, -0.1) is 0 Å². The molecule has 4 N–H and O–H groups in total. The number of rotatable bonds is 1. The third-order valence-electron chi connectivity index (χ3n) is 1.44. The largest absolute Gasteiger partial charge is 0.397 e. The highest BCUT2D eigenvalue weighted by Gasteiger charge is 2.14. The smallest absolute Gasteiger partial charge is 0.266 e. The van der Waals surface area contributed by atoms with E-state index in [2.05, 4.69) is 0 Å². The van der Waals surface area contributed by atoms with Crippen LogP contribution in [0.15, 0.2) is 12.1 Å². The molecule has 66 valence electrons. The summed E-state index contributed by atoms with van der Waals surface area (Å²) in [4.78, 5) is 0. The molecule has 0 aliphatic heterocycles. The van der Waals surface area contributed by atoms with Gasteiger partial charge in [0.15, 0.2) is 0 Å². The summed E-state index contributed by atoms with van der Waals surface area (Å²) in [5.74, 6) is -1.03. The highest BCUT2D eigenvalue weighted by Crippen LogP contribution is 2.27. The van der Waals surface area contributed by atoms with Crippen molar-refractivity contribution in [2.45, 2.75) is 6.43 Å². The van der Waals surface area contributed by atoms with Crippen LogP contribution in [0.2, 0.25) is 0 Å².